The Hall–Kier alpha value is -1.29. The van der Waals surface area contributed by atoms with E-state index in [-0.39, 0.29) is 5.78 Å². The maximum Gasteiger partial charge on any atom is 0.196 e. The number of hydrogen-bond acceptors (Lipinski definition) is 4. The molecule has 1 fully saturated rings. The minimum atomic E-state index is -0.0181. The van der Waals surface area contributed by atoms with E-state index >= 15 is 0 Å². The van der Waals surface area contributed by atoms with Crippen molar-refractivity contribution < 1.29 is 9.21 Å². The number of Topliss-reactive ketones (excluding diaryl/α,β-unsaturated/α-hetero) is 1. The van der Waals surface area contributed by atoms with Gasteiger partial charge in [-0.3, -0.25) is 4.79 Å². The van der Waals surface area contributed by atoms with E-state index in [2.05, 4.69) is 23.8 Å². The predicted octanol–water partition coefficient (Wildman–Crippen LogP) is 2.40. The summed E-state index contributed by atoms with van der Waals surface area (Å²) in [6.07, 6.45) is 2.31. The molecule has 0 radical (unpaired) electrons. The number of hydrogen-bond donors (Lipinski definition) is 0. The molecule has 4 heteroatoms. The molecule has 1 aromatic rings. The third-order valence-corrected chi connectivity index (χ3v) is 3.84. The fourth-order valence-corrected chi connectivity index (χ4v) is 2.51. The molecule has 1 aromatic heterocycles. The summed E-state index contributed by atoms with van der Waals surface area (Å²) in [6.45, 7) is 7.15. The zero-order valence-corrected chi connectivity index (χ0v) is 11.5. The number of likely N-dealkylation sites (tertiary alicyclic amines) is 1. The van der Waals surface area contributed by atoms with E-state index < -0.39 is 0 Å². The van der Waals surface area contributed by atoms with Crippen molar-refractivity contribution in [3.8, 4) is 0 Å². The predicted molar refractivity (Wildman–Crippen MR) is 72.3 cm³/mol. The van der Waals surface area contributed by atoms with Gasteiger partial charge in [-0.05, 0) is 25.5 Å². The first-order valence-corrected chi connectivity index (χ1v) is 6.67. The second-order valence-corrected chi connectivity index (χ2v) is 4.97. The normalized spacial score (nSPS) is 17.9. The van der Waals surface area contributed by atoms with Crippen LogP contribution in [0.2, 0.25) is 0 Å². The molecule has 0 unspecified atom stereocenters. The smallest absolute Gasteiger partial charge is 0.196 e. The van der Waals surface area contributed by atoms with Crippen molar-refractivity contribution in [2.45, 2.75) is 32.7 Å². The van der Waals surface area contributed by atoms with E-state index in [1.165, 1.54) is 6.92 Å². The summed E-state index contributed by atoms with van der Waals surface area (Å²) in [7, 11) is 2.05. The Labute approximate surface area is 109 Å². The molecule has 1 saturated heterocycles. The van der Waals surface area contributed by atoms with E-state index in [9.17, 15) is 4.79 Å². The molecular weight excluding hydrogens is 228 g/mol. The lowest BCUT2D eigenvalue weighted by Crippen LogP contribution is -2.43. The summed E-state index contributed by atoms with van der Waals surface area (Å²) in [6, 6.07) is 4.16. The van der Waals surface area contributed by atoms with Crippen molar-refractivity contribution in [2.75, 3.05) is 31.6 Å². The van der Waals surface area contributed by atoms with Crippen molar-refractivity contribution in [3.63, 3.8) is 0 Å². The Bertz CT molecular complexity index is 406. The summed E-state index contributed by atoms with van der Waals surface area (Å²) < 4.78 is 5.58. The van der Waals surface area contributed by atoms with Crippen molar-refractivity contribution in [2.24, 2.45) is 0 Å². The Morgan fingerprint density at radius 3 is 2.61 bits per heavy atom. The second-order valence-electron chi connectivity index (χ2n) is 4.97. The van der Waals surface area contributed by atoms with Crippen LogP contribution in [-0.2, 0) is 0 Å². The lowest BCUT2D eigenvalue weighted by atomic mass is 10.0. The fraction of sp³-hybridized carbons (Fsp3) is 0.643. The fourth-order valence-electron chi connectivity index (χ4n) is 2.51. The molecule has 2 rings (SSSR count). The Morgan fingerprint density at radius 1 is 1.44 bits per heavy atom. The molecular formula is C14H22N2O2. The van der Waals surface area contributed by atoms with Gasteiger partial charge in [0.05, 0.1) is 0 Å². The molecule has 0 amide bonds. The molecule has 0 bridgehead atoms. The molecule has 0 N–H and O–H groups in total. The second kappa shape index (κ2) is 5.57. The van der Waals surface area contributed by atoms with Crippen molar-refractivity contribution in [1.82, 2.24) is 4.90 Å². The number of ketones is 1. The Kier molecular flexibility index (Phi) is 4.07. The molecule has 0 spiro atoms. The van der Waals surface area contributed by atoms with Gasteiger partial charge in [-0.1, -0.05) is 6.92 Å². The number of rotatable bonds is 4. The SMILES string of the molecule is CCN1CCC(N(C)c2ccc(C(C)=O)o2)CC1. The van der Waals surface area contributed by atoms with Crippen molar-refractivity contribution in [3.05, 3.63) is 17.9 Å². The Balaban J connectivity index is 1.98. The van der Waals surface area contributed by atoms with Gasteiger partial charge in [0.1, 0.15) is 0 Å². The van der Waals surface area contributed by atoms with E-state index in [1.54, 1.807) is 6.07 Å². The highest BCUT2D eigenvalue weighted by Gasteiger charge is 2.23. The molecule has 0 aliphatic carbocycles. The Morgan fingerprint density at radius 2 is 2.11 bits per heavy atom. The van der Waals surface area contributed by atoms with Crippen LogP contribution in [0.3, 0.4) is 0 Å². The molecule has 0 saturated carbocycles. The van der Waals surface area contributed by atoms with Crippen LogP contribution in [0, 0.1) is 0 Å². The first kappa shape index (κ1) is 13.1. The third-order valence-electron chi connectivity index (χ3n) is 3.84. The largest absolute Gasteiger partial charge is 0.437 e. The number of nitrogens with zero attached hydrogens (tertiary/aromatic N) is 2. The summed E-state index contributed by atoms with van der Waals surface area (Å²) in [5, 5.41) is 0. The molecule has 100 valence electrons. The van der Waals surface area contributed by atoms with Crippen LogP contribution in [-0.4, -0.2) is 43.4 Å². The van der Waals surface area contributed by atoms with Crippen LogP contribution in [0.15, 0.2) is 16.5 Å². The zero-order valence-electron chi connectivity index (χ0n) is 11.5. The van der Waals surface area contributed by atoms with Crippen LogP contribution < -0.4 is 4.90 Å². The van der Waals surface area contributed by atoms with Gasteiger partial charge in [-0.2, -0.15) is 0 Å². The van der Waals surface area contributed by atoms with Crippen LogP contribution in [0.25, 0.3) is 0 Å². The van der Waals surface area contributed by atoms with Gasteiger partial charge in [-0.15, -0.1) is 0 Å². The highest BCUT2D eigenvalue weighted by molar-refractivity contribution is 5.91. The lowest BCUT2D eigenvalue weighted by Gasteiger charge is -2.36. The van der Waals surface area contributed by atoms with E-state index in [1.807, 2.05) is 6.07 Å². The average molecular weight is 250 g/mol. The van der Waals surface area contributed by atoms with Gasteiger partial charge in [0.25, 0.3) is 0 Å². The first-order chi connectivity index (χ1) is 8.61. The van der Waals surface area contributed by atoms with Gasteiger partial charge >= 0.3 is 0 Å². The zero-order chi connectivity index (χ0) is 13.1. The molecule has 0 atom stereocenters. The van der Waals surface area contributed by atoms with Crippen LogP contribution in [0.1, 0.15) is 37.2 Å². The maximum absolute atomic E-state index is 11.2. The summed E-state index contributed by atoms with van der Waals surface area (Å²) >= 11 is 0. The van der Waals surface area contributed by atoms with Crippen LogP contribution >= 0.6 is 0 Å². The number of carbonyl (C=O) groups is 1. The highest BCUT2D eigenvalue weighted by atomic mass is 16.4. The third kappa shape index (κ3) is 2.75. The van der Waals surface area contributed by atoms with Gasteiger partial charge in [0, 0.05) is 39.2 Å². The number of piperidine rings is 1. The molecule has 2 heterocycles. The monoisotopic (exact) mass is 250 g/mol. The molecule has 1 aliphatic rings. The van der Waals surface area contributed by atoms with Gasteiger partial charge < -0.3 is 14.2 Å². The molecule has 4 nitrogen and oxygen atoms in total. The van der Waals surface area contributed by atoms with E-state index in [4.69, 9.17) is 4.42 Å². The topological polar surface area (TPSA) is 36.7 Å². The van der Waals surface area contributed by atoms with E-state index in [0.717, 1.165) is 38.4 Å². The van der Waals surface area contributed by atoms with Crippen molar-refractivity contribution in [1.29, 1.82) is 0 Å². The maximum atomic E-state index is 11.2. The van der Waals surface area contributed by atoms with Gasteiger partial charge in [-0.25, -0.2) is 0 Å². The van der Waals surface area contributed by atoms with Crippen molar-refractivity contribution >= 4 is 11.7 Å². The van der Waals surface area contributed by atoms with Crippen LogP contribution in [0.4, 0.5) is 5.88 Å². The van der Waals surface area contributed by atoms with E-state index in [0.29, 0.717) is 11.8 Å². The quantitative estimate of drug-likeness (QED) is 0.769. The molecule has 0 aromatic carbocycles. The minimum absolute atomic E-state index is 0.0181. The minimum Gasteiger partial charge on any atom is -0.437 e. The molecule has 18 heavy (non-hydrogen) atoms. The summed E-state index contributed by atoms with van der Waals surface area (Å²) in [5.74, 6) is 1.23. The molecule has 1 aliphatic heterocycles. The summed E-state index contributed by atoms with van der Waals surface area (Å²) in [4.78, 5) is 15.9. The average Bonchev–Trinajstić information content (AvgIpc) is 2.88. The van der Waals surface area contributed by atoms with Crippen LogP contribution in [0.5, 0.6) is 0 Å². The number of furan rings is 1. The summed E-state index contributed by atoms with van der Waals surface area (Å²) in [5.41, 5.74) is 0. The van der Waals surface area contributed by atoms with Gasteiger partial charge in [0.2, 0.25) is 0 Å². The number of carbonyl (C=O) groups excluding carboxylic acids is 1. The lowest BCUT2D eigenvalue weighted by molar-refractivity contribution is 0.0987. The first-order valence-electron chi connectivity index (χ1n) is 6.67. The highest BCUT2D eigenvalue weighted by Crippen LogP contribution is 2.24. The van der Waals surface area contributed by atoms with Gasteiger partial charge in [0.15, 0.2) is 17.4 Å². The standard InChI is InChI=1S/C14H22N2O2/c1-4-16-9-7-12(8-10-16)15(3)14-6-5-13(18-14)11(2)17/h5-6,12H,4,7-10H2,1-3H3. The number of anilines is 1.